The van der Waals surface area contributed by atoms with Crippen molar-refractivity contribution in [1.29, 1.82) is 0 Å². The first-order valence-electron chi connectivity index (χ1n) is 7.26. The smallest absolute Gasteiger partial charge is 0.273 e. The third-order valence-electron chi connectivity index (χ3n) is 3.41. The number of rotatable bonds is 5. The van der Waals surface area contributed by atoms with Crippen LogP contribution >= 0.6 is 36.2 Å². The number of aromatic nitrogens is 1. The molecule has 2 rings (SSSR count). The second-order valence-electron chi connectivity index (χ2n) is 5.65. The lowest BCUT2D eigenvalue weighted by Gasteiger charge is -2.35. The van der Waals surface area contributed by atoms with Gasteiger partial charge >= 0.3 is 0 Å². The molecule has 5 nitrogen and oxygen atoms in total. The lowest BCUT2D eigenvalue weighted by atomic mass is 10.2. The summed E-state index contributed by atoms with van der Waals surface area (Å²) in [6.45, 7) is 9.67. The topological polar surface area (TPSA) is 62.5 Å². The zero-order valence-corrected chi connectivity index (χ0v) is 15.6. The van der Waals surface area contributed by atoms with Gasteiger partial charge in [0.25, 0.3) is 5.91 Å². The van der Waals surface area contributed by atoms with Crippen LogP contribution < -0.4 is 5.73 Å². The molecule has 2 heterocycles. The number of carbonyl (C=O) groups is 1. The van der Waals surface area contributed by atoms with Gasteiger partial charge in [-0.2, -0.15) is 0 Å². The molecular formula is C14H26Cl2N4OS. The molecule has 0 unspecified atom stereocenters. The average Bonchev–Trinajstić information content (AvgIpc) is 2.87. The second-order valence-corrected chi connectivity index (χ2v) is 6.59. The Bertz CT molecular complexity index is 448. The van der Waals surface area contributed by atoms with Gasteiger partial charge in [-0.1, -0.05) is 13.8 Å². The monoisotopic (exact) mass is 368 g/mol. The van der Waals surface area contributed by atoms with Gasteiger partial charge in [0.1, 0.15) is 5.69 Å². The number of nitrogens with zero attached hydrogens (tertiary/aromatic N) is 3. The molecule has 0 radical (unpaired) electrons. The van der Waals surface area contributed by atoms with Crippen molar-refractivity contribution < 1.29 is 4.79 Å². The Morgan fingerprint density at radius 1 is 1.32 bits per heavy atom. The highest BCUT2D eigenvalue weighted by Gasteiger charge is 2.23. The standard InChI is InChI=1S/C14H24N4OS.2ClH/c1-11(2)9-17-5-7-18(8-6-17)14(19)12-10-20-13(16-12)3-4-15;;/h10-11H,3-9,15H2,1-2H3;2*1H. The molecule has 1 amide bonds. The number of carbonyl (C=O) groups excluding carboxylic acids is 1. The maximum atomic E-state index is 12.4. The maximum Gasteiger partial charge on any atom is 0.273 e. The van der Waals surface area contributed by atoms with E-state index in [1.54, 1.807) is 0 Å². The van der Waals surface area contributed by atoms with E-state index in [1.165, 1.54) is 11.3 Å². The Kier molecular flexibility index (Phi) is 10.2. The summed E-state index contributed by atoms with van der Waals surface area (Å²) in [7, 11) is 0. The minimum Gasteiger partial charge on any atom is -0.335 e. The van der Waals surface area contributed by atoms with Crippen molar-refractivity contribution in [1.82, 2.24) is 14.8 Å². The molecule has 0 atom stereocenters. The van der Waals surface area contributed by atoms with Crippen LogP contribution in [0.3, 0.4) is 0 Å². The van der Waals surface area contributed by atoms with Gasteiger partial charge in [0.2, 0.25) is 0 Å². The fourth-order valence-corrected chi connectivity index (χ4v) is 3.25. The molecule has 1 aromatic heterocycles. The summed E-state index contributed by atoms with van der Waals surface area (Å²) in [5.74, 6) is 0.739. The van der Waals surface area contributed by atoms with Gasteiger partial charge in [-0.25, -0.2) is 4.98 Å². The van der Waals surface area contributed by atoms with Crippen LogP contribution in [0.25, 0.3) is 0 Å². The molecule has 8 heteroatoms. The number of piperazine rings is 1. The lowest BCUT2D eigenvalue weighted by molar-refractivity contribution is 0.0618. The van der Waals surface area contributed by atoms with Crippen LogP contribution in [0, 0.1) is 5.92 Å². The molecule has 0 bridgehead atoms. The Hall–Kier alpha value is -0.400. The van der Waals surface area contributed by atoms with Gasteiger partial charge in [0.15, 0.2) is 0 Å². The van der Waals surface area contributed by atoms with Crippen LogP contribution in [-0.2, 0) is 6.42 Å². The van der Waals surface area contributed by atoms with E-state index >= 15 is 0 Å². The Morgan fingerprint density at radius 2 is 1.95 bits per heavy atom. The van der Waals surface area contributed by atoms with E-state index in [-0.39, 0.29) is 30.7 Å². The van der Waals surface area contributed by atoms with Crippen molar-refractivity contribution >= 4 is 42.1 Å². The number of hydrogen-bond acceptors (Lipinski definition) is 5. The first-order valence-corrected chi connectivity index (χ1v) is 8.14. The summed E-state index contributed by atoms with van der Waals surface area (Å²) in [5.41, 5.74) is 6.09. The number of thiazole rings is 1. The van der Waals surface area contributed by atoms with Crippen molar-refractivity contribution in [2.75, 3.05) is 39.3 Å². The molecule has 0 aliphatic carbocycles. The normalized spacial score (nSPS) is 15.4. The summed E-state index contributed by atoms with van der Waals surface area (Å²) in [6, 6.07) is 0. The molecule has 1 fully saturated rings. The third kappa shape index (κ3) is 6.01. The largest absolute Gasteiger partial charge is 0.335 e. The molecule has 0 saturated carbocycles. The maximum absolute atomic E-state index is 12.4. The van der Waals surface area contributed by atoms with Gasteiger partial charge in [0.05, 0.1) is 5.01 Å². The first-order chi connectivity index (χ1) is 9.60. The molecule has 22 heavy (non-hydrogen) atoms. The van der Waals surface area contributed by atoms with Gasteiger partial charge in [-0.3, -0.25) is 9.69 Å². The van der Waals surface area contributed by atoms with Crippen LogP contribution in [0.5, 0.6) is 0 Å². The first kappa shape index (κ1) is 21.6. The van der Waals surface area contributed by atoms with E-state index in [0.29, 0.717) is 18.2 Å². The highest BCUT2D eigenvalue weighted by molar-refractivity contribution is 7.09. The van der Waals surface area contributed by atoms with Crippen LogP contribution in [0.15, 0.2) is 5.38 Å². The molecule has 128 valence electrons. The van der Waals surface area contributed by atoms with Crippen molar-refractivity contribution in [3.8, 4) is 0 Å². The van der Waals surface area contributed by atoms with Gasteiger partial charge < -0.3 is 10.6 Å². The van der Waals surface area contributed by atoms with Gasteiger partial charge in [-0.05, 0) is 12.5 Å². The minimum absolute atomic E-state index is 0. The van der Waals surface area contributed by atoms with Crippen LogP contribution in [0.1, 0.15) is 29.3 Å². The fourth-order valence-electron chi connectivity index (χ4n) is 2.46. The molecule has 1 saturated heterocycles. The number of amides is 1. The van der Waals surface area contributed by atoms with E-state index in [2.05, 4.69) is 23.7 Å². The summed E-state index contributed by atoms with van der Waals surface area (Å²) < 4.78 is 0. The van der Waals surface area contributed by atoms with Crippen LogP contribution in [0.4, 0.5) is 0 Å². The molecule has 2 N–H and O–H groups in total. The van der Waals surface area contributed by atoms with Crippen molar-refractivity contribution in [2.24, 2.45) is 11.7 Å². The predicted molar refractivity (Wildman–Crippen MR) is 96.5 cm³/mol. The number of hydrogen-bond donors (Lipinski definition) is 1. The summed E-state index contributed by atoms with van der Waals surface area (Å²) in [5, 5.41) is 2.81. The third-order valence-corrected chi connectivity index (χ3v) is 4.32. The van der Waals surface area contributed by atoms with E-state index < -0.39 is 0 Å². The van der Waals surface area contributed by atoms with Crippen LogP contribution in [0.2, 0.25) is 0 Å². The number of nitrogens with two attached hydrogens (primary N) is 1. The quantitative estimate of drug-likeness (QED) is 0.861. The van der Waals surface area contributed by atoms with E-state index in [9.17, 15) is 4.79 Å². The molecule has 0 spiro atoms. The average molecular weight is 369 g/mol. The van der Waals surface area contributed by atoms with Crippen molar-refractivity contribution in [2.45, 2.75) is 20.3 Å². The second kappa shape index (κ2) is 10.4. The summed E-state index contributed by atoms with van der Waals surface area (Å²) in [6.07, 6.45) is 0.750. The summed E-state index contributed by atoms with van der Waals surface area (Å²) in [4.78, 5) is 21.1. The van der Waals surface area contributed by atoms with Gasteiger partial charge in [0, 0.05) is 44.5 Å². The SMILES string of the molecule is CC(C)CN1CCN(C(=O)c2csc(CCN)n2)CC1.Cl.Cl. The Morgan fingerprint density at radius 3 is 2.50 bits per heavy atom. The zero-order chi connectivity index (χ0) is 14.5. The molecule has 1 aliphatic rings. The predicted octanol–water partition coefficient (Wildman–Crippen LogP) is 1.90. The fraction of sp³-hybridized carbons (Fsp3) is 0.714. The number of halogens is 2. The Labute approximate surface area is 149 Å². The molecular weight excluding hydrogens is 343 g/mol. The van der Waals surface area contributed by atoms with E-state index in [4.69, 9.17) is 5.73 Å². The lowest BCUT2D eigenvalue weighted by Crippen LogP contribution is -2.49. The van der Waals surface area contributed by atoms with Crippen molar-refractivity contribution in [3.63, 3.8) is 0 Å². The molecule has 1 aromatic rings. The zero-order valence-electron chi connectivity index (χ0n) is 13.2. The summed E-state index contributed by atoms with van der Waals surface area (Å²) >= 11 is 1.53. The Balaban J connectivity index is 0.00000220. The molecule has 0 aromatic carbocycles. The van der Waals surface area contributed by atoms with Crippen molar-refractivity contribution in [3.05, 3.63) is 16.1 Å². The highest BCUT2D eigenvalue weighted by atomic mass is 35.5. The van der Waals surface area contributed by atoms with Gasteiger partial charge in [-0.15, -0.1) is 36.2 Å². The molecule has 1 aliphatic heterocycles. The van der Waals surface area contributed by atoms with E-state index in [0.717, 1.165) is 44.2 Å². The van der Waals surface area contributed by atoms with Crippen LogP contribution in [-0.4, -0.2) is 60.0 Å². The highest BCUT2D eigenvalue weighted by Crippen LogP contribution is 2.14. The van der Waals surface area contributed by atoms with E-state index in [1.807, 2.05) is 10.3 Å². The minimum atomic E-state index is 0.